The molecule has 112 valence electrons. The number of nitrogens with zero attached hydrogens (tertiary/aromatic N) is 1. The van der Waals surface area contributed by atoms with E-state index in [-0.39, 0.29) is 18.0 Å². The SMILES string of the molecule is CO[C@H]1CN(S(=O)(=O)c2ccc(C(C)C)cc2)C[C@@H]1O. The van der Waals surface area contributed by atoms with Gasteiger partial charge in [-0.1, -0.05) is 26.0 Å². The van der Waals surface area contributed by atoms with Crippen LogP contribution in [0.25, 0.3) is 0 Å². The third-order valence-electron chi connectivity index (χ3n) is 3.69. The summed E-state index contributed by atoms with van der Waals surface area (Å²) in [5.41, 5.74) is 1.10. The molecular formula is C14H21NO4S. The lowest BCUT2D eigenvalue weighted by atomic mass is 10.0. The van der Waals surface area contributed by atoms with Crippen molar-refractivity contribution in [2.24, 2.45) is 0 Å². The number of β-amino-alcohol motifs (C(OH)–C–C–N with tert-alkyl or cyclic N) is 1. The molecule has 1 aromatic carbocycles. The second-order valence-electron chi connectivity index (χ2n) is 5.39. The van der Waals surface area contributed by atoms with Gasteiger partial charge in [-0.05, 0) is 23.6 Å². The van der Waals surface area contributed by atoms with E-state index in [0.29, 0.717) is 5.92 Å². The number of benzene rings is 1. The van der Waals surface area contributed by atoms with Crippen molar-refractivity contribution >= 4 is 10.0 Å². The minimum Gasteiger partial charge on any atom is -0.389 e. The molecule has 2 atom stereocenters. The zero-order valence-corrected chi connectivity index (χ0v) is 12.8. The van der Waals surface area contributed by atoms with Crippen LogP contribution in [0.2, 0.25) is 0 Å². The fourth-order valence-electron chi connectivity index (χ4n) is 2.32. The molecule has 1 aliphatic rings. The summed E-state index contributed by atoms with van der Waals surface area (Å²) in [6.45, 7) is 4.38. The molecule has 6 heteroatoms. The summed E-state index contributed by atoms with van der Waals surface area (Å²) in [6.07, 6.45) is -1.23. The minimum absolute atomic E-state index is 0.0762. The Morgan fingerprint density at radius 1 is 1.25 bits per heavy atom. The van der Waals surface area contributed by atoms with Crippen molar-refractivity contribution in [1.29, 1.82) is 0 Å². The highest BCUT2D eigenvalue weighted by molar-refractivity contribution is 7.89. The van der Waals surface area contributed by atoms with Gasteiger partial charge in [0.25, 0.3) is 0 Å². The maximum atomic E-state index is 12.5. The minimum atomic E-state index is -3.56. The summed E-state index contributed by atoms with van der Waals surface area (Å²) in [5.74, 6) is 0.359. The molecule has 0 amide bonds. The normalized spacial score (nSPS) is 24.4. The monoisotopic (exact) mass is 299 g/mol. The van der Waals surface area contributed by atoms with E-state index < -0.39 is 22.2 Å². The van der Waals surface area contributed by atoms with Crippen LogP contribution in [-0.2, 0) is 14.8 Å². The van der Waals surface area contributed by atoms with Crippen LogP contribution in [0.4, 0.5) is 0 Å². The molecular weight excluding hydrogens is 278 g/mol. The van der Waals surface area contributed by atoms with Crippen molar-refractivity contribution in [3.8, 4) is 0 Å². The molecule has 0 radical (unpaired) electrons. The Hall–Kier alpha value is -0.950. The topological polar surface area (TPSA) is 66.8 Å². The van der Waals surface area contributed by atoms with Crippen molar-refractivity contribution < 1.29 is 18.3 Å². The van der Waals surface area contributed by atoms with Gasteiger partial charge in [0.2, 0.25) is 10.0 Å². The van der Waals surface area contributed by atoms with E-state index in [2.05, 4.69) is 13.8 Å². The molecule has 0 aliphatic carbocycles. The predicted molar refractivity (Wildman–Crippen MR) is 76.1 cm³/mol. The van der Waals surface area contributed by atoms with Gasteiger partial charge in [-0.15, -0.1) is 0 Å². The van der Waals surface area contributed by atoms with E-state index in [9.17, 15) is 13.5 Å². The van der Waals surface area contributed by atoms with Crippen LogP contribution in [0.5, 0.6) is 0 Å². The first-order chi connectivity index (χ1) is 9.36. The first-order valence-corrected chi connectivity index (χ1v) is 8.11. The lowest BCUT2D eigenvalue weighted by molar-refractivity contribution is 0.0216. The molecule has 1 aliphatic heterocycles. The maximum absolute atomic E-state index is 12.5. The molecule has 2 rings (SSSR count). The largest absolute Gasteiger partial charge is 0.389 e. The third kappa shape index (κ3) is 2.88. The fourth-order valence-corrected chi connectivity index (χ4v) is 3.80. The Morgan fingerprint density at radius 3 is 2.30 bits per heavy atom. The van der Waals surface area contributed by atoms with E-state index in [4.69, 9.17) is 4.74 Å². The van der Waals surface area contributed by atoms with Gasteiger partial charge in [0, 0.05) is 20.2 Å². The Morgan fingerprint density at radius 2 is 1.85 bits per heavy atom. The van der Waals surface area contributed by atoms with Crippen LogP contribution >= 0.6 is 0 Å². The molecule has 1 aromatic rings. The van der Waals surface area contributed by atoms with Gasteiger partial charge >= 0.3 is 0 Å². The molecule has 1 saturated heterocycles. The van der Waals surface area contributed by atoms with Crippen molar-refractivity contribution in [2.75, 3.05) is 20.2 Å². The summed E-state index contributed by atoms with van der Waals surface area (Å²) in [4.78, 5) is 0.255. The van der Waals surface area contributed by atoms with Gasteiger partial charge in [-0.2, -0.15) is 4.31 Å². The second kappa shape index (κ2) is 5.81. The number of aliphatic hydroxyl groups excluding tert-OH is 1. The van der Waals surface area contributed by atoms with E-state index in [1.807, 2.05) is 12.1 Å². The second-order valence-corrected chi connectivity index (χ2v) is 7.33. The third-order valence-corrected chi connectivity index (χ3v) is 5.54. The van der Waals surface area contributed by atoms with Gasteiger partial charge < -0.3 is 9.84 Å². The number of hydrogen-bond acceptors (Lipinski definition) is 4. The highest BCUT2D eigenvalue weighted by atomic mass is 32.2. The van der Waals surface area contributed by atoms with Crippen molar-refractivity contribution in [3.05, 3.63) is 29.8 Å². The molecule has 1 fully saturated rings. The molecule has 20 heavy (non-hydrogen) atoms. The Kier molecular flexibility index (Phi) is 4.49. The van der Waals surface area contributed by atoms with Gasteiger partial charge in [0.05, 0.1) is 17.1 Å². The number of ether oxygens (including phenoxy) is 1. The van der Waals surface area contributed by atoms with Crippen LogP contribution in [-0.4, -0.2) is 50.2 Å². The van der Waals surface area contributed by atoms with E-state index in [0.717, 1.165) is 5.56 Å². The van der Waals surface area contributed by atoms with Crippen LogP contribution in [0.3, 0.4) is 0 Å². The molecule has 5 nitrogen and oxygen atoms in total. The average Bonchev–Trinajstić information content (AvgIpc) is 2.80. The number of aliphatic hydroxyl groups is 1. The average molecular weight is 299 g/mol. The predicted octanol–water partition coefficient (Wildman–Crippen LogP) is 1.19. The smallest absolute Gasteiger partial charge is 0.243 e. The fraction of sp³-hybridized carbons (Fsp3) is 0.571. The molecule has 0 saturated carbocycles. The first kappa shape index (κ1) is 15.4. The zero-order chi connectivity index (χ0) is 14.9. The number of hydrogen-bond donors (Lipinski definition) is 1. The summed E-state index contributed by atoms with van der Waals surface area (Å²) in [5, 5.41) is 9.76. The van der Waals surface area contributed by atoms with E-state index in [1.165, 1.54) is 11.4 Å². The van der Waals surface area contributed by atoms with Crippen molar-refractivity contribution in [1.82, 2.24) is 4.31 Å². The molecule has 1 heterocycles. The maximum Gasteiger partial charge on any atom is 0.243 e. The first-order valence-electron chi connectivity index (χ1n) is 6.67. The molecule has 0 aromatic heterocycles. The summed E-state index contributed by atoms with van der Waals surface area (Å²) in [7, 11) is -2.09. The van der Waals surface area contributed by atoms with Crippen LogP contribution in [0.15, 0.2) is 29.2 Å². The van der Waals surface area contributed by atoms with Crippen LogP contribution in [0, 0.1) is 0 Å². The summed E-state index contributed by atoms with van der Waals surface area (Å²) in [6, 6.07) is 6.91. The lowest BCUT2D eigenvalue weighted by Crippen LogP contribution is -2.30. The van der Waals surface area contributed by atoms with Gasteiger partial charge in [-0.3, -0.25) is 0 Å². The highest BCUT2D eigenvalue weighted by Crippen LogP contribution is 2.24. The highest BCUT2D eigenvalue weighted by Gasteiger charge is 2.38. The number of sulfonamides is 1. The number of rotatable bonds is 4. The zero-order valence-electron chi connectivity index (χ0n) is 12.0. The van der Waals surface area contributed by atoms with Gasteiger partial charge in [-0.25, -0.2) is 8.42 Å². The van der Waals surface area contributed by atoms with Crippen molar-refractivity contribution in [3.63, 3.8) is 0 Å². The molecule has 0 unspecified atom stereocenters. The van der Waals surface area contributed by atoms with Crippen LogP contribution in [0.1, 0.15) is 25.3 Å². The Balaban J connectivity index is 2.23. The van der Waals surface area contributed by atoms with Gasteiger partial charge in [0.15, 0.2) is 0 Å². The quantitative estimate of drug-likeness (QED) is 0.907. The van der Waals surface area contributed by atoms with Crippen LogP contribution < -0.4 is 0 Å². The Bertz CT molecular complexity index is 553. The van der Waals surface area contributed by atoms with E-state index >= 15 is 0 Å². The molecule has 0 spiro atoms. The van der Waals surface area contributed by atoms with Gasteiger partial charge in [0.1, 0.15) is 0 Å². The Labute approximate surface area is 120 Å². The van der Waals surface area contributed by atoms with Crippen molar-refractivity contribution in [2.45, 2.75) is 36.9 Å². The standard InChI is InChI=1S/C14H21NO4S/c1-10(2)11-4-6-12(7-5-11)20(17,18)15-8-13(16)14(9-15)19-3/h4-7,10,13-14,16H,8-9H2,1-3H3/t13-,14-/m0/s1. The molecule has 1 N–H and O–H groups in total. The van der Waals surface area contributed by atoms with E-state index in [1.54, 1.807) is 12.1 Å². The lowest BCUT2D eigenvalue weighted by Gasteiger charge is -2.16. The summed E-state index contributed by atoms with van der Waals surface area (Å²) >= 11 is 0. The number of methoxy groups -OCH3 is 1. The molecule has 0 bridgehead atoms. The summed E-state index contributed by atoms with van der Waals surface area (Å²) < 4.78 is 31.3.